The maximum absolute atomic E-state index is 12.5. The third-order valence-corrected chi connectivity index (χ3v) is 4.05. The van der Waals surface area contributed by atoms with E-state index in [1.807, 2.05) is 31.2 Å². The number of benzene rings is 1. The van der Waals surface area contributed by atoms with Crippen molar-refractivity contribution in [1.82, 2.24) is 5.32 Å². The van der Waals surface area contributed by atoms with Crippen molar-refractivity contribution < 1.29 is 13.9 Å². The molecule has 1 fully saturated rings. The zero-order valence-corrected chi connectivity index (χ0v) is 12.4. The van der Waals surface area contributed by atoms with Crippen LogP contribution in [0.3, 0.4) is 0 Å². The molecule has 0 atom stereocenters. The number of nitrogens with one attached hydrogen (secondary N) is 1. The van der Waals surface area contributed by atoms with Gasteiger partial charge in [-0.25, -0.2) is 0 Å². The predicted octanol–water partition coefficient (Wildman–Crippen LogP) is 3.64. The summed E-state index contributed by atoms with van der Waals surface area (Å²) in [5.41, 5.74) is 1.59. The van der Waals surface area contributed by atoms with Crippen molar-refractivity contribution in [2.24, 2.45) is 0 Å². The first-order chi connectivity index (χ1) is 10.3. The van der Waals surface area contributed by atoms with E-state index in [4.69, 9.17) is 9.15 Å². The van der Waals surface area contributed by atoms with Gasteiger partial charge in [-0.2, -0.15) is 0 Å². The van der Waals surface area contributed by atoms with Crippen LogP contribution in [0.5, 0.6) is 0 Å². The molecule has 1 aliphatic rings. The van der Waals surface area contributed by atoms with Crippen LogP contribution in [0.1, 0.15) is 48.7 Å². The van der Waals surface area contributed by atoms with Crippen molar-refractivity contribution in [2.75, 3.05) is 6.61 Å². The van der Waals surface area contributed by atoms with Crippen LogP contribution < -0.4 is 5.32 Å². The number of hydrogen-bond acceptors (Lipinski definition) is 3. The molecule has 4 heteroatoms. The average Bonchev–Trinajstić information content (AvgIpc) is 3.12. The Morgan fingerprint density at radius 3 is 2.86 bits per heavy atom. The highest BCUT2D eigenvalue weighted by atomic mass is 16.5. The number of ether oxygens (including phenoxy) is 1. The van der Waals surface area contributed by atoms with Crippen LogP contribution in [0.2, 0.25) is 0 Å². The summed E-state index contributed by atoms with van der Waals surface area (Å²) in [4.78, 5) is 12.5. The first kappa shape index (κ1) is 14.1. The van der Waals surface area contributed by atoms with Crippen LogP contribution in [0.25, 0.3) is 11.0 Å². The van der Waals surface area contributed by atoms with E-state index in [1.54, 1.807) is 0 Å². The summed E-state index contributed by atoms with van der Waals surface area (Å²) in [5.74, 6) is 0.282. The summed E-state index contributed by atoms with van der Waals surface area (Å²) in [6.07, 6.45) is 4.51. The van der Waals surface area contributed by atoms with Crippen LogP contribution in [0.4, 0.5) is 0 Å². The first-order valence-corrected chi connectivity index (χ1v) is 7.68. The van der Waals surface area contributed by atoms with Gasteiger partial charge >= 0.3 is 0 Å². The third-order valence-electron chi connectivity index (χ3n) is 4.05. The summed E-state index contributed by atoms with van der Waals surface area (Å²) >= 11 is 0. The van der Waals surface area contributed by atoms with Gasteiger partial charge in [0.25, 0.3) is 5.91 Å². The minimum Gasteiger partial charge on any atom is -0.451 e. The molecule has 1 aromatic heterocycles. The Labute approximate surface area is 124 Å². The van der Waals surface area contributed by atoms with Crippen LogP contribution in [-0.2, 0) is 11.3 Å². The number of carbonyl (C=O) groups is 1. The predicted molar refractivity (Wildman–Crippen MR) is 81.3 cm³/mol. The zero-order valence-electron chi connectivity index (χ0n) is 12.4. The second kappa shape index (κ2) is 6.31. The largest absolute Gasteiger partial charge is 0.451 e. The highest BCUT2D eigenvalue weighted by molar-refractivity contribution is 5.99. The molecule has 0 bridgehead atoms. The number of carbonyl (C=O) groups excluding carboxylic acids is 1. The van der Waals surface area contributed by atoms with Gasteiger partial charge in [0.15, 0.2) is 5.76 Å². The van der Waals surface area contributed by atoms with Crippen molar-refractivity contribution in [3.63, 3.8) is 0 Å². The molecule has 0 unspecified atom stereocenters. The van der Waals surface area contributed by atoms with E-state index in [0.29, 0.717) is 19.0 Å². The van der Waals surface area contributed by atoms with Crippen molar-refractivity contribution in [2.45, 2.75) is 45.3 Å². The van der Waals surface area contributed by atoms with E-state index in [9.17, 15) is 4.79 Å². The van der Waals surface area contributed by atoms with Crippen molar-refractivity contribution in [3.05, 3.63) is 35.6 Å². The fourth-order valence-electron chi connectivity index (χ4n) is 2.95. The molecule has 1 aliphatic carbocycles. The number of furan rings is 1. The molecule has 0 radical (unpaired) electrons. The molecule has 0 spiro atoms. The fourth-order valence-corrected chi connectivity index (χ4v) is 2.95. The van der Waals surface area contributed by atoms with Crippen LogP contribution >= 0.6 is 0 Å². The molecule has 1 heterocycles. The number of hydrogen-bond donors (Lipinski definition) is 1. The molecule has 2 aromatic rings. The van der Waals surface area contributed by atoms with Gasteiger partial charge in [0.2, 0.25) is 0 Å². The Bertz CT molecular complexity index is 626. The lowest BCUT2D eigenvalue weighted by atomic mass is 10.1. The number of fused-ring (bicyclic) bond motifs is 1. The van der Waals surface area contributed by atoms with Crippen molar-refractivity contribution in [3.8, 4) is 0 Å². The second-order valence-electron chi connectivity index (χ2n) is 5.50. The molecule has 1 saturated carbocycles. The van der Waals surface area contributed by atoms with E-state index in [2.05, 4.69) is 5.32 Å². The van der Waals surface area contributed by atoms with Crippen molar-refractivity contribution in [1.29, 1.82) is 0 Å². The molecule has 112 valence electrons. The lowest BCUT2D eigenvalue weighted by Crippen LogP contribution is -2.32. The maximum Gasteiger partial charge on any atom is 0.287 e. The smallest absolute Gasteiger partial charge is 0.287 e. The lowest BCUT2D eigenvalue weighted by molar-refractivity contribution is 0.0899. The van der Waals surface area contributed by atoms with Gasteiger partial charge in [-0.3, -0.25) is 4.79 Å². The lowest BCUT2D eigenvalue weighted by Gasteiger charge is -2.11. The van der Waals surface area contributed by atoms with Crippen molar-refractivity contribution >= 4 is 16.9 Å². The molecule has 4 nitrogen and oxygen atoms in total. The molecule has 3 rings (SSSR count). The summed E-state index contributed by atoms with van der Waals surface area (Å²) in [6.45, 7) is 2.96. The summed E-state index contributed by atoms with van der Waals surface area (Å²) in [6, 6.07) is 8.00. The normalized spacial score (nSPS) is 15.7. The highest BCUT2D eigenvalue weighted by Crippen LogP contribution is 2.27. The molecule has 1 N–H and O–H groups in total. The van der Waals surface area contributed by atoms with E-state index < -0.39 is 0 Å². The average molecular weight is 287 g/mol. The summed E-state index contributed by atoms with van der Waals surface area (Å²) in [5, 5.41) is 4.05. The molecule has 0 aliphatic heterocycles. The maximum atomic E-state index is 12.5. The Kier molecular flexibility index (Phi) is 4.25. The van der Waals surface area contributed by atoms with Gasteiger partial charge in [-0.1, -0.05) is 31.0 Å². The SMILES string of the molecule is CCOCc1c(C(=O)NC2CCCC2)oc2ccccc12. The Balaban J connectivity index is 1.89. The minimum atomic E-state index is -0.118. The standard InChI is InChI=1S/C17H21NO3/c1-2-20-11-14-13-9-5-6-10-15(13)21-16(14)17(19)18-12-7-3-4-8-12/h5-6,9-10,12H,2-4,7-8,11H2,1H3,(H,18,19). The topological polar surface area (TPSA) is 51.5 Å². The molecule has 1 aromatic carbocycles. The minimum absolute atomic E-state index is 0.118. The highest BCUT2D eigenvalue weighted by Gasteiger charge is 2.24. The van der Waals surface area contributed by atoms with Gasteiger partial charge in [-0.15, -0.1) is 0 Å². The molecular weight excluding hydrogens is 266 g/mol. The molecule has 21 heavy (non-hydrogen) atoms. The first-order valence-electron chi connectivity index (χ1n) is 7.68. The van der Waals surface area contributed by atoms with Crippen LogP contribution in [0.15, 0.2) is 28.7 Å². The number of amides is 1. The second-order valence-corrected chi connectivity index (χ2v) is 5.50. The third kappa shape index (κ3) is 2.95. The van der Waals surface area contributed by atoms with E-state index in [0.717, 1.165) is 29.4 Å². The van der Waals surface area contributed by atoms with E-state index in [1.165, 1.54) is 12.8 Å². The molecule has 0 saturated heterocycles. The van der Waals surface area contributed by atoms with Gasteiger partial charge < -0.3 is 14.5 Å². The molecule has 1 amide bonds. The fraction of sp³-hybridized carbons (Fsp3) is 0.471. The van der Waals surface area contributed by atoms with Gasteiger partial charge in [-0.05, 0) is 25.8 Å². The monoisotopic (exact) mass is 287 g/mol. The Morgan fingerprint density at radius 2 is 2.10 bits per heavy atom. The number of rotatable bonds is 5. The Hall–Kier alpha value is -1.81. The van der Waals surface area contributed by atoms with Crippen LogP contribution in [-0.4, -0.2) is 18.6 Å². The summed E-state index contributed by atoms with van der Waals surface area (Å²) in [7, 11) is 0. The summed E-state index contributed by atoms with van der Waals surface area (Å²) < 4.78 is 11.3. The molecular formula is C17H21NO3. The zero-order chi connectivity index (χ0) is 14.7. The van der Waals surface area contributed by atoms with E-state index in [-0.39, 0.29) is 11.9 Å². The van der Waals surface area contributed by atoms with Gasteiger partial charge in [0, 0.05) is 23.6 Å². The Morgan fingerprint density at radius 1 is 1.33 bits per heavy atom. The van der Waals surface area contributed by atoms with Gasteiger partial charge in [0.1, 0.15) is 5.58 Å². The van der Waals surface area contributed by atoms with E-state index >= 15 is 0 Å². The van der Waals surface area contributed by atoms with Gasteiger partial charge in [0.05, 0.1) is 6.61 Å². The quantitative estimate of drug-likeness (QED) is 0.913. The number of para-hydroxylation sites is 1. The van der Waals surface area contributed by atoms with Crippen LogP contribution in [0, 0.1) is 0 Å².